The summed E-state index contributed by atoms with van der Waals surface area (Å²) < 4.78 is 32.7. The zero-order valence-electron chi connectivity index (χ0n) is 13.9. The van der Waals surface area contributed by atoms with E-state index in [4.69, 9.17) is 10.5 Å². The second-order valence-electron chi connectivity index (χ2n) is 5.62. The van der Waals surface area contributed by atoms with Gasteiger partial charge < -0.3 is 10.5 Å². The number of halogens is 1. The monoisotopic (exact) mass is 399 g/mol. The number of nitrogen functional groups attached to an aromatic ring is 1. The van der Waals surface area contributed by atoms with Crippen LogP contribution < -0.4 is 14.8 Å². The Hall–Kier alpha value is -2.52. The van der Waals surface area contributed by atoms with Crippen molar-refractivity contribution in [3.8, 4) is 5.75 Å². The van der Waals surface area contributed by atoms with Gasteiger partial charge in [-0.2, -0.15) is 0 Å². The number of rotatable bonds is 4. The molecule has 0 aromatic heterocycles. The van der Waals surface area contributed by atoms with Gasteiger partial charge in [-0.25, -0.2) is 8.42 Å². The number of nitrogens with zero attached hydrogens (tertiary/aromatic N) is 2. The van der Waals surface area contributed by atoms with Crippen LogP contribution in [0.15, 0.2) is 41.3 Å². The van der Waals surface area contributed by atoms with Crippen molar-refractivity contribution in [3.05, 3.63) is 52.1 Å². The molecule has 1 heterocycles. The molecule has 0 saturated carbocycles. The first kappa shape index (κ1) is 19.8. The third kappa shape index (κ3) is 3.27. The molecule has 0 amide bonds. The van der Waals surface area contributed by atoms with E-state index in [9.17, 15) is 18.5 Å². The molecule has 26 heavy (non-hydrogen) atoms. The molecule has 0 radical (unpaired) electrons. The highest BCUT2D eigenvalue weighted by molar-refractivity contribution is 7.93. The lowest BCUT2D eigenvalue weighted by atomic mass is 10.0. The molecule has 2 aromatic carbocycles. The molecule has 0 bridgehead atoms. The largest absolute Gasteiger partial charge is 0.495 e. The quantitative estimate of drug-likeness (QED) is 0.480. The van der Waals surface area contributed by atoms with E-state index in [1.54, 1.807) is 18.2 Å². The van der Waals surface area contributed by atoms with Crippen LogP contribution >= 0.6 is 12.4 Å². The number of nitrogens with two attached hydrogens (primary N) is 1. The normalized spacial score (nSPS) is 13.5. The fourth-order valence-corrected chi connectivity index (χ4v) is 4.64. The Kier molecular flexibility index (Phi) is 5.62. The number of methoxy groups -OCH3 is 1. The fraction of sp³-hybridized carbons (Fsp3) is 0.250. The van der Waals surface area contributed by atoms with Crippen LogP contribution in [-0.4, -0.2) is 27.0 Å². The SMILES string of the molecule is COc1cc([N+](=O)[O-])ccc1S(=O)(=O)N1CCCc2c(N)cccc21.Cl. The molecule has 0 fully saturated rings. The van der Waals surface area contributed by atoms with Crippen molar-refractivity contribution in [2.75, 3.05) is 23.7 Å². The first-order valence-electron chi connectivity index (χ1n) is 7.59. The maximum absolute atomic E-state index is 13.2. The molecule has 10 heteroatoms. The number of nitro benzene ring substituents is 1. The lowest BCUT2D eigenvalue weighted by Gasteiger charge is -2.31. The third-order valence-corrected chi connectivity index (χ3v) is 6.02. The molecule has 3 rings (SSSR count). The average molecular weight is 400 g/mol. The predicted octanol–water partition coefficient (Wildman–Crippen LogP) is 2.75. The van der Waals surface area contributed by atoms with E-state index in [2.05, 4.69) is 0 Å². The summed E-state index contributed by atoms with van der Waals surface area (Å²) >= 11 is 0. The van der Waals surface area contributed by atoms with Gasteiger partial charge in [-0.15, -0.1) is 12.4 Å². The van der Waals surface area contributed by atoms with Crippen LogP contribution in [0.25, 0.3) is 0 Å². The van der Waals surface area contributed by atoms with Crippen molar-refractivity contribution < 1.29 is 18.1 Å². The number of fused-ring (bicyclic) bond motifs is 1. The first-order valence-corrected chi connectivity index (χ1v) is 9.03. The van der Waals surface area contributed by atoms with Gasteiger partial charge in [0.1, 0.15) is 10.6 Å². The Morgan fingerprint density at radius 2 is 2.00 bits per heavy atom. The third-order valence-electron chi connectivity index (χ3n) is 4.17. The van der Waals surface area contributed by atoms with Gasteiger partial charge in [-0.05, 0) is 36.6 Å². The van der Waals surface area contributed by atoms with Crippen molar-refractivity contribution in [2.45, 2.75) is 17.7 Å². The zero-order chi connectivity index (χ0) is 18.2. The highest BCUT2D eigenvalue weighted by Crippen LogP contribution is 2.38. The standard InChI is InChI=1S/C16H17N3O5S.ClH/c1-24-15-10-11(19(20)21)7-8-16(15)25(22,23)18-9-3-4-12-13(17)5-2-6-14(12)18;/h2,5-8,10H,3-4,9,17H2,1H3;1H. The minimum Gasteiger partial charge on any atom is -0.495 e. The Balaban J connectivity index is 0.00000243. The van der Waals surface area contributed by atoms with E-state index in [0.717, 1.165) is 17.7 Å². The van der Waals surface area contributed by atoms with Crippen LogP contribution in [-0.2, 0) is 16.4 Å². The summed E-state index contributed by atoms with van der Waals surface area (Å²) in [4.78, 5) is 10.2. The molecule has 0 aliphatic carbocycles. The first-order chi connectivity index (χ1) is 11.9. The summed E-state index contributed by atoms with van der Waals surface area (Å²) in [6.07, 6.45) is 1.33. The van der Waals surface area contributed by atoms with Crippen LogP contribution in [0, 0.1) is 10.1 Å². The molecule has 0 spiro atoms. The van der Waals surface area contributed by atoms with Gasteiger partial charge in [0.05, 0.1) is 23.8 Å². The molecule has 0 saturated heterocycles. The van der Waals surface area contributed by atoms with Crippen LogP contribution in [0.4, 0.5) is 17.1 Å². The van der Waals surface area contributed by atoms with Crippen LogP contribution in [0.3, 0.4) is 0 Å². The van der Waals surface area contributed by atoms with Gasteiger partial charge in [0.2, 0.25) is 0 Å². The van der Waals surface area contributed by atoms with Gasteiger partial charge in [0.15, 0.2) is 0 Å². The smallest absolute Gasteiger partial charge is 0.273 e. The van der Waals surface area contributed by atoms with Crippen molar-refractivity contribution in [2.24, 2.45) is 0 Å². The molecule has 1 aliphatic rings. The molecule has 2 aromatic rings. The summed E-state index contributed by atoms with van der Waals surface area (Å²) in [5.41, 5.74) is 7.61. The Morgan fingerprint density at radius 1 is 1.27 bits per heavy atom. The topological polar surface area (TPSA) is 116 Å². The van der Waals surface area contributed by atoms with E-state index in [-0.39, 0.29) is 28.7 Å². The maximum Gasteiger partial charge on any atom is 0.273 e. The number of hydrogen-bond donors (Lipinski definition) is 1. The summed E-state index contributed by atoms with van der Waals surface area (Å²) in [5, 5.41) is 10.9. The fourth-order valence-electron chi connectivity index (χ4n) is 2.97. The highest BCUT2D eigenvalue weighted by Gasteiger charge is 2.32. The van der Waals surface area contributed by atoms with Crippen molar-refractivity contribution >= 4 is 39.5 Å². The molecular formula is C16H18ClN3O5S. The summed E-state index contributed by atoms with van der Waals surface area (Å²) in [6.45, 7) is 0.304. The molecular weight excluding hydrogens is 382 g/mol. The van der Waals surface area contributed by atoms with Gasteiger partial charge in [-0.3, -0.25) is 14.4 Å². The number of benzene rings is 2. The van der Waals surface area contributed by atoms with Gasteiger partial charge in [-0.1, -0.05) is 6.07 Å². The number of sulfonamides is 1. The van der Waals surface area contributed by atoms with E-state index in [0.29, 0.717) is 30.8 Å². The molecule has 140 valence electrons. The van der Waals surface area contributed by atoms with E-state index in [1.807, 2.05) is 0 Å². The van der Waals surface area contributed by atoms with Crippen molar-refractivity contribution in [1.82, 2.24) is 0 Å². The van der Waals surface area contributed by atoms with Crippen LogP contribution in [0.5, 0.6) is 5.75 Å². The number of nitro groups is 1. The number of hydrogen-bond acceptors (Lipinski definition) is 6. The average Bonchev–Trinajstić information content (AvgIpc) is 2.61. The lowest BCUT2D eigenvalue weighted by molar-refractivity contribution is -0.385. The minimum atomic E-state index is -3.95. The lowest BCUT2D eigenvalue weighted by Crippen LogP contribution is -2.36. The van der Waals surface area contributed by atoms with Crippen LogP contribution in [0.1, 0.15) is 12.0 Å². The Morgan fingerprint density at radius 3 is 2.65 bits per heavy atom. The number of anilines is 2. The second-order valence-corrected chi connectivity index (χ2v) is 7.45. The van der Waals surface area contributed by atoms with E-state index >= 15 is 0 Å². The molecule has 8 nitrogen and oxygen atoms in total. The maximum atomic E-state index is 13.2. The summed E-state index contributed by atoms with van der Waals surface area (Å²) in [7, 11) is -2.67. The molecule has 0 unspecified atom stereocenters. The molecule has 1 aliphatic heterocycles. The van der Waals surface area contributed by atoms with Gasteiger partial charge in [0.25, 0.3) is 15.7 Å². The highest BCUT2D eigenvalue weighted by atomic mass is 35.5. The molecule has 2 N–H and O–H groups in total. The van der Waals surface area contributed by atoms with E-state index < -0.39 is 14.9 Å². The van der Waals surface area contributed by atoms with Gasteiger partial charge >= 0.3 is 0 Å². The summed E-state index contributed by atoms with van der Waals surface area (Å²) in [5.74, 6) is -0.0646. The van der Waals surface area contributed by atoms with E-state index in [1.165, 1.54) is 17.5 Å². The summed E-state index contributed by atoms with van der Waals surface area (Å²) in [6, 6.07) is 8.61. The number of ether oxygens (including phenoxy) is 1. The van der Waals surface area contributed by atoms with Crippen molar-refractivity contribution in [1.29, 1.82) is 0 Å². The Bertz CT molecular complexity index is 949. The van der Waals surface area contributed by atoms with Crippen LogP contribution in [0.2, 0.25) is 0 Å². The second kappa shape index (κ2) is 7.38. The Labute approximate surface area is 157 Å². The molecule has 0 atom stereocenters. The van der Waals surface area contributed by atoms with Crippen molar-refractivity contribution in [3.63, 3.8) is 0 Å². The van der Waals surface area contributed by atoms with Gasteiger partial charge in [0, 0.05) is 18.3 Å². The zero-order valence-corrected chi connectivity index (χ0v) is 15.5. The predicted molar refractivity (Wildman–Crippen MR) is 101 cm³/mol. The number of non-ortho nitro benzene ring substituents is 1. The minimum absolute atomic E-state index is 0.